The monoisotopic (exact) mass is 263 g/mol. The minimum absolute atomic E-state index is 0.0748. The van der Waals surface area contributed by atoms with Crippen molar-refractivity contribution in [3.05, 3.63) is 29.6 Å². The van der Waals surface area contributed by atoms with Crippen LogP contribution in [0.25, 0.3) is 0 Å². The number of hydrogen-bond donors (Lipinski definition) is 5. The zero-order valence-corrected chi connectivity index (χ0v) is 9.41. The number of nitrogen functional groups attached to an aromatic ring is 1. The molecule has 9 nitrogen and oxygen atoms in total. The van der Waals surface area contributed by atoms with Crippen LogP contribution in [-0.2, 0) is 0 Å². The predicted octanol–water partition coefficient (Wildman–Crippen LogP) is 0.0430. The number of aromatic nitrogens is 3. The highest BCUT2D eigenvalue weighted by atomic mass is 16.4. The molecular formula is C10H9N5O4. The standard InChI is InChI=1S/C10H9N5O4/c11-10-13-7(14-15-10)8(17)12-4-1-2-5(9(18)19)6(16)3-4/h1-3,16H,(H,12,17)(H,18,19)(H3,11,13,14,15). The molecule has 6 N–H and O–H groups in total. The summed E-state index contributed by atoms with van der Waals surface area (Å²) in [6.07, 6.45) is 0. The van der Waals surface area contributed by atoms with Gasteiger partial charge in [0.15, 0.2) is 0 Å². The maximum atomic E-state index is 11.7. The highest BCUT2D eigenvalue weighted by molar-refractivity contribution is 6.02. The van der Waals surface area contributed by atoms with E-state index in [9.17, 15) is 14.7 Å². The van der Waals surface area contributed by atoms with Gasteiger partial charge in [-0.2, -0.15) is 4.98 Å². The fourth-order valence-electron chi connectivity index (χ4n) is 1.36. The Balaban J connectivity index is 2.18. The Morgan fingerprint density at radius 2 is 2.11 bits per heavy atom. The number of amides is 1. The Hall–Kier alpha value is -3.10. The number of aromatic amines is 1. The fourth-order valence-corrected chi connectivity index (χ4v) is 1.36. The average molecular weight is 263 g/mol. The second kappa shape index (κ2) is 4.64. The van der Waals surface area contributed by atoms with Gasteiger partial charge in [0.2, 0.25) is 11.8 Å². The van der Waals surface area contributed by atoms with E-state index in [2.05, 4.69) is 20.5 Å². The zero-order valence-electron chi connectivity index (χ0n) is 9.41. The third kappa shape index (κ3) is 2.60. The lowest BCUT2D eigenvalue weighted by atomic mass is 10.2. The highest BCUT2D eigenvalue weighted by Crippen LogP contribution is 2.22. The molecule has 0 spiro atoms. The quantitative estimate of drug-likeness (QED) is 0.523. The SMILES string of the molecule is Nc1n[nH]c(C(=O)Nc2ccc(C(=O)O)c(O)c2)n1. The van der Waals surface area contributed by atoms with Crippen molar-refractivity contribution in [3.63, 3.8) is 0 Å². The van der Waals surface area contributed by atoms with Crippen molar-refractivity contribution < 1.29 is 19.8 Å². The summed E-state index contributed by atoms with van der Waals surface area (Å²) in [6, 6.07) is 3.61. The number of carboxylic acids is 1. The Morgan fingerprint density at radius 1 is 1.37 bits per heavy atom. The number of hydrogen-bond acceptors (Lipinski definition) is 6. The van der Waals surface area contributed by atoms with Gasteiger partial charge in [0.25, 0.3) is 5.91 Å². The highest BCUT2D eigenvalue weighted by Gasteiger charge is 2.13. The molecule has 1 heterocycles. The molecule has 0 unspecified atom stereocenters. The first-order chi connectivity index (χ1) is 8.97. The molecule has 0 saturated heterocycles. The number of carbonyl (C=O) groups excluding carboxylic acids is 1. The summed E-state index contributed by atoms with van der Waals surface area (Å²) in [6.45, 7) is 0. The molecule has 0 saturated carbocycles. The summed E-state index contributed by atoms with van der Waals surface area (Å²) < 4.78 is 0. The van der Waals surface area contributed by atoms with Crippen molar-refractivity contribution in [1.29, 1.82) is 0 Å². The Labute approximate surface area is 106 Å². The smallest absolute Gasteiger partial charge is 0.339 e. The fraction of sp³-hybridized carbons (Fsp3) is 0. The Kier molecular flexibility index (Phi) is 3.02. The van der Waals surface area contributed by atoms with E-state index in [0.29, 0.717) is 0 Å². The lowest BCUT2D eigenvalue weighted by Gasteiger charge is -2.05. The third-order valence-corrected chi connectivity index (χ3v) is 2.20. The number of rotatable bonds is 3. The van der Waals surface area contributed by atoms with E-state index < -0.39 is 17.6 Å². The van der Waals surface area contributed by atoms with Crippen LogP contribution >= 0.6 is 0 Å². The van der Waals surface area contributed by atoms with Gasteiger partial charge in [0.05, 0.1) is 0 Å². The lowest BCUT2D eigenvalue weighted by Crippen LogP contribution is -2.14. The number of nitrogens with two attached hydrogens (primary N) is 1. The second-order valence-corrected chi connectivity index (χ2v) is 3.53. The molecule has 0 aliphatic heterocycles. The maximum absolute atomic E-state index is 11.7. The molecule has 0 radical (unpaired) electrons. The molecule has 1 aromatic carbocycles. The first-order valence-electron chi connectivity index (χ1n) is 5.03. The van der Waals surface area contributed by atoms with Crippen LogP contribution in [0.5, 0.6) is 5.75 Å². The van der Waals surface area contributed by atoms with Crippen molar-refractivity contribution in [3.8, 4) is 5.75 Å². The largest absolute Gasteiger partial charge is 0.507 e. The number of phenols is 1. The minimum Gasteiger partial charge on any atom is -0.507 e. The Morgan fingerprint density at radius 3 is 2.63 bits per heavy atom. The molecule has 1 amide bonds. The van der Waals surface area contributed by atoms with Crippen LogP contribution in [0.15, 0.2) is 18.2 Å². The summed E-state index contributed by atoms with van der Waals surface area (Å²) in [7, 11) is 0. The van der Waals surface area contributed by atoms with Gasteiger partial charge in [0.1, 0.15) is 11.3 Å². The number of anilines is 2. The van der Waals surface area contributed by atoms with Crippen molar-refractivity contribution in [2.75, 3.05) is 11.1 Å². The molecule has 0 atom stereocenters. The summed E-state index contributed by atoms with van der Waals surface area (Å²) in [5, 5.41) is 26.4. The van der Waals surface area contributed by atoms with Crippen LogP contribution in [-0.4, -0.2) is 37.3 Å². The van der Waals surface area contributed by atoms with Gasteiger partial charge in [-0.05, 0) is 12.1 Å². The van der Waals surface area contributed by atoms with Gasteiger partial charge in [-0.3, -0.25) is 9.89 Å². The first kappa shape index (κ1) is 12.4. The van der Waals surface area contributed by atoms with Crippen LogP contribution in [0, 0.1) is 0 Å². The number of benzene rings is 1. The molecule has 2 rings (SSSR count). The molecule has 2 aromatic rings. The predicted molar refractivity (Wildman–Crippen MR) is 63.8 cm³/mol. The molecule has 1 aromatic heterocycles. The van der Waals surface area contributed by atoms with Crippen molar-refractivity contribution in [1.82, 2.24) is 15.2 Å². The van der Waals surface area contributed by atoms with Gasteiger partial charge in [-0.25, -0.2) is 4.79 Å². The number of aromatic carboxylic acids is 1. The van der Waals surface area contributed by atoms with Gasteiger partial charge >= 0.3 is 5.97 Å². The van der Waals surface area contributed by atoms with Crippen LogP contribution in [0.1, 0.15) is 21.0 Å². The van der Waals surface area contributed by atoms with E-state index >= 15 is 0 Å². The zero-order chi connectivity index (χ0) is 14.0. The molecule has 9 heteroatoms. The van der Waals surface area contributed by atoms with Crippen molar-refractivity contribution in [2.24, 2.45) is 0 Å². The lowest BCUT2D eigenvalue weighted by molar-refractivity contribution is 0.0693. The average Bonchev–Trinajstić information content (AvgIpc) is 2.75. The normalized spacial score (nSPS) is 10.1. The van der Waals surface area contributed by atoms with Gasteiger partial charge in [0, 0.05) is 11.8 Å². The van der Waals surface area contributed by atoms with E-state index in [1.54, 1.807) is 0 Å². The van der Waals surface area contributed by atoms with Crippen LogP contribution < -0.4 is 11.1 Å². The summed E-state index contributed by atoms with van der Waals surface area (Å²) >= 11 is 0. The number of carbonyl (C=O) groups is 2. The molecule has 98 valence electrons. The Bertz CT molecular complexity index is 651. The molecule has 0 aliphatic carbocycles. The van der Waals surface area contributed by atoms with E-state index in [-0.39, 0.29) is 23.0 Å². The summed E-state index contributed by atoms with van der Waals surface area (Å²) in [5.74, 6) is -2.51. The van der Waals surface area contributed by atoms with E-state index in [1.807, 2.05) is 0 Å². The van der Waals surface area contributed by atoms with E-state index in [4.69, 9.17) is 10.8 Å². The maximum Gasteiger partial charge on any atom is 0.339 e. The van der Waals surface area contributed by atoms with Gasteiger partial charge in [-0.1, -0.05) is 0 Å². The molecule has 0 aliphatic rings. The number of H-pyrrole nitrogens is 1. The van der Waals surface area contributed by atoms with Gasteiger partial charge < -0.3 is 21.3 Å². The van der Waals surface area contributed by atoms with E-state index in [1.165, 1.54) is 12.1 Å². The summed E-state index contributed by atoms with van der Waals surface area (Å²) in [5.41, 5.74) is 5.20. The van der Waals surface area contributed by atoms with Crippen LogP contribution in [0.2, 0.25) is 0 Å². The van der Waals surface area contributed by atoms with Gasteiger partial charge in [-0.15, -0.1) is 5.10 Å². The van der Waals surface area contributed by atoms with E-state index in [0.717, 1.165) is 6.07 Å². The molecule has 19 heavy (non-hydrogen) atoms. The summed E-state index contributed by atoms with van der Waals surface area (Å²) in [4.78, 5) is 26.0. The first-order valence-corrected chi connectivity index (χ1v) is 5.03. The van der Waals surface area contributed by atoms with Crippen LogP contribution in [0.3, 0.4) is 0 Å². The number of nitrogens with zero attached hydrogens (tertiary/aromatic N) is 2. The molecule has 0 fully saturated rings. The topological polar surface area (TPSA) is 154 Å². The number of carboxylic acid groups (broad SMARTS) is 1. The number of nitrogens with one attached hydrogen (secondary N) is 2. The number of aromatic hydroxyl groups is 1. The molecular weight excluding hydrogens is 254 g/mol. The van der Waals surface area contributed by atoms with Crippen LogP contribution in [0.4, 0.5) is 11.6 Å². The minimum atomic E-state index is -1.27. The third-order valence-electron chi connectivity index (χ3n) is 2.20. The van der Waals surface area contributed by atoms with Crippen molar-refractivity contribution >= 4 is 23.5 Å². The second-order valence-electron chi connectivity index (χ2n) is 3.53. The van der Waals surface area contributed by atoms with Crippen molar-refractivity contribution in [2.45, 2.75) is 0 Å². The molecule has 0 bridgehead atoms.